The highest BCUT2D eigenvalue weighted by atomic mass is 16.5. The molecule has 0 amide bonds. The Morgan fingerprint density at radius 1 is 1.38 bits per heavy atom. The lowest BCUT2D eigenvalue weighted by atomic mass is 9.93. The lowest BCUT2D eigenvalue weighted by Crippen LogP contribution is -2.37. The molecule has 1 aliphatic heterocycles. The van der Waals surface area contributed by atoms with Crippen molar-refractivity contribution in [3.8, 4) is 5.75 Å². The van der Waals surface area contributed by atoms with Crippen molar-refractivity contribution in [3.63, 3.8) is 0 Å². The molecule has 1 aromatic rings. The Labute approximate surface area is 129 Å². The number of rotatable bonds is 8. The van der Waals surface area contributed by atoms with Crippen LogP contribution >= 0.6 is 0 Å². The first-order chi connectivity index (χ1) is 10.0. The maximum atomic E-state index is 5.57. The number of methoxy groups -OCH3 is 1. The largest absolute Gasteiger partial charge is 0.493 e. The normalized spacial score (nSPS) is 15.6. The van der Waals surface area contributed by atoms with Crippen LogP contribution in [-0.4, -0.2) is 31.9 Å². The second-order valence-electron chi connectivity index (χ2n) is 6.50. The first kappa shape index (κ1) is 16.3. The summed E-state index contributed by atoms with van der Waals surface area (Å²) in [6.45, 7) is 8.32. The number of benzene rings is 1. The van der Waals surface area contributed by atoms with Gasteiger partial charge in [-0.25, -0.2) is 0 Å². The van der Waals surface area contributed by atoms with Crippen LogP contribution in [0.1, 0.15) is 44.7 Å². The average molecular weight is 291 g/mol. The number of ether oxygens (including phenoxy) is 2. The standard InChI is InChI=1S/C18H29NO2/c1-5-19-16(13-18(2,3)20-4)8-6-14-7-9-17-15(12-14)10-11-21-17/h7,9,12,16,19H,5-6,8,10-11,13H2,1-4H3. The monoisotopic (exact) mass is 291 g/mol. The van der Waals surface area contributed by atoms with Gasteiger partial charge in [-0.05, 0) is 56.8 Å². The van der Waals surface area contributed by atoms with Crippen LogP contribution in [-0.2, 0) is 17.6 Å². The maximum Gasteiger partial charge on any atom is 0.122 e. The quantitative estimate of drug-likeness (QED) is 0.797. The fourth-order valence-corrected chi connectivity index (χ4v) is 2.98. The van der Waals surface area contributed by atoms with Crippen LogP contribution in [0.25, 0.3) is 0 Å². The number of hydrogen-bond donors (Lipinski definition) is 1. The van der Waals surface area contributed by atoms with Crippen molar-refractivity contribution >= 4 is 0 Å². The van der Waals surface area contributed by atoms with Crippen molar-refractivity contribution in [3.05, 3.63) is 29.3 Å². The fraction of sp³-hybridized carbons (Fsp3) is 0.667. The highest BCUT2D eigenvalue weighted by Crippen LogP contribution is 2.27. The van der Waals surface area contributed by atoms with Gasteiger partial charge >= 0.3 is 0 Å². The minimum Gasteiger partial charge on any atom is -0.493 e. The second kappa shape index (κ2) is 7.28. The summed E-state index contributed by atoms with van der Waals surface area (Å²) in [5.74, 6) is 1.07. The Balaban J connectivity index is 1.92. The molecule has 1 N–H and O–H groups in total. The Morgan fingerprint density at radius 2 is 2.19 bits per heavy atom. The minimum absolute atomic E-state index is 0.0708. The Morgan fingerprint density at radius 3 is 2.90 bits per heavy atom. The van der Waals surface area contributed by atoms with Gasteiger partial charge in [0.1, 0.15) is 5.75 Å². The van der Waals surface area contributed by atoms with Crippen molar-refractivity contribution < 1.29 is 9.47 Å². The zero-order chi connectivity index (χ0) is 15.3. The summed E-state index contributed by atoms with van der Waals surface area (Å²) >= 11 is 0. The molecule has 1 aromatic carbocycles. The van der Waals surface area contributed by atoms with Gasteiger partial charge in [-0.3, -0.25) is 0 Å². The van der Waals surface area contributed by atoms with E-state index in [1.807, 2.05) is 0 Å². The molecule has 0 spiro atoms. The maximum absolute atomic E-state index is 5.57. The third-order valence-corrected chi connectivity index (χ3v) is 4.32. The van der Waals surface area contributed by atoms with E-state index in [2.05, 4.69) is 44.3 Å². The summed E-state index contributed by atoms with van der Waals surface area (Å²) in [6.07, 6.45) is 4.33. The third kappa shape index (κ3) is 4.72. The minimum atomic E-state index is -0.0708. The zero-order valence-corrected chi connectivity index (χ0v) is 13.9. The highest BCUT2D eigenvalue weighted by molar-refractivity contribution is 5.39. The van der Waals surface area contributed by atoms with E-state index in [1.54, 1.807) is 7.11 Å². The molecule has 21 heavy (non-hydrogen) atoms. The van der Waals surface area contributed by atoms with E-state index < -0.39 is 0 Å². The van der Waals surface area contributed by atoms with Crippen molar-refractivity contribution in [2.75, 3.05) is 20.3 Å². The highest BCUT2D eigenvalue weighted by Gasteiger charge is 2.22. The van der Waals surface area contributed by atoms with E-state index in [4.69, 9.17) is 9.47 Å². The number of nitrogens with one attached hydrogen (secondary N) is 1. The fourth-order valence-electron chi connectivity index (χ4n) is 2.98. The van der Waals surface area contributed by atoms with Gasteiger partial charge in [0, 0.05) is 19.6 Å². The smallest absolute Gasteiger partial charge is 0.122 e. The molecule has 3 heteroatoms. The van der Waals surface area contributed by atoms with Crippen LogP contribution in [0, 0.1) is 0 Å². The molecule has 0 radical (unpaired) electrons. The van der Waals surface area contributed by atoms with Crippen molar-refractivity contribution in [1.29, 1.82) is 0 Å². The Hall–Kier alpha value is -1.06. The molecule has 1 unspecified atom stereocenters. The van der Waals surface area contributed by atoms with E-state index >= 15 is 0 Å². The van der Waals surface area contributed by atoms with Crippen molar-refractivity contribution in [2.24, 2.45) is 0 Å². The summed E-state index contributed by atoms with van der Waals surface area (Å²) in [5.41, 5.74) is 2.71. The van der Waals surface area contributed by atoms with E-state index in [0.29, 0.717) is 6.04 Å². The van der Waals surface area contributed by atoms with Crippen molar-refractivity contribution in [2.45, 2.75) is 58.1 Å². The molecule has 1 aliphatic rings. The SMILES string of the molecule is CCNC(CCc1ccc2c(c1)CCO2)CC(C)(C)OC. The Bertz CT molecular complexity index is 457. The molecular weight excluding hydrogens is 262 g/mol. The van der Waals surface area contributed by atoms with E-state index in [9.17, 15) is 0 Å². The van der Waals surface area contributed by atoms with Gasteiger partial charge < -0.3 is 14.8 Å². The van der Waals surface area contributed by atoms with Gasteiger partial charge in [0.05, 0.1) is 12.2 Å². The molecule has 1 heterocycles. The van der Waals surface area contributed by atoms with Gasteiger partial charge in [0.15, 0.2) is 0 Å². The summed E-state index contributed by atoms with van der Waals surface area (Å²) < 4.78 is 11.1. The predicted octanol–water partition coefficient (Wildman–Crippen LogP) is 3.35. The lowest BCUT2D eigenvalue weighted by Gasteiger charge is -2.29. The molecule has 0 saturated heterocycles. The van der Waals surface area contributed by atoms with Crippen LogP contribution in [0.5, 0.6) is 5.75 Å². The van der Waals surface area contributed by atoms with Crippen LogP contribution < -0.4 is 10.1 Å². The first-order valence-electron chi connectivity index (χ1n) is 8.07. The predicted molar refractivity (Wildman–Crippen MR) is 87.1 cm³/mol. The van der Waals surface area contributed by atoms with Crippen LogP contribution in [0.15, 0.2) is 18.2 Å². The van der Waals surface area contributed by atoms with Gasteiger partial charge in [-0.2, -0.15) is 0 Å². The molecule has 0 aromatic heterocycles. The van der Waals surface area contributed by atoms with Crippen LogP contribution in [0.3, 0.4) is 0 Å². The average Bonchev–Trinajstić information content (AvgIpc) is 2.92. The van der Waals surface area contributed by atoms with Crippen LogP contribution in [0.2, 0.25) is 0 Å². The number of aryl methyl sites for hydroxylation is 1. The molecule has 0 fully saturated rings. The topological polar surface area (TPSA) is 30.5 Å². The second-order valence-corrected chi connectivity index (χ2v) is 6.50. The molecule has 1 atom stereocenters. The van der Waals surface area contributed by atoms with Gasteiger partial charge in [-0.15, -0.1) is 0 Å². The molecule has 3 nitrogen and oxygen atoms in total. The summed E-state index contributed by atoms with van der Waals surface area (Å²) in [6, 6.07) is 7.13. The lowest BCUT2D eigenvalue weighted by molar-refractivity contribution is 0.00655. The number of hydrogen-bond acceptors (Lipinski definition) is 3. The number of fused-ring (bicyclic) bond motifs is 1. The van der Waals surface area contributed by atoms with Gasteiger partial charge in [0.25, 0.3) is 0 Å². The van der Waals surface area contributed by atoms with Gasteiger partial charge in [0.2, 0.25) is 0 Å². The third-order valence-electron chi connectivity index (χ3n) is 4.32. The Kier molecular flexibility index (Phi) is 5.65. The molecule has 2 rings (SSSR count). The van der Waals surface area contributed by atoms with Crippen molar-refractivity contribution in [1.82, 2.24) is 5.32 Å². The molecule has 0 saturated carbocycles. The summed E-state index contributed by atoms with van der Waals surface area (Å²) in [4.78, 5) is 0. The molecule has 118 valence electrons. The van der Waals surface area contributed by atoms with E-state index in [-0.39, 0.29) is 5.60 Å². The zero-order valence-electron chi connectivity index (χ0n) is 13.9. The van der Waals surface area contributed by atoms with Crippen LogP contribution in [0.4, 0.5) is 0 Å². The first-order valence-corrected chi connectivity index (χ1v) is 8.07. The van der Waals surface area contributed by atoms with E-state index in [1.165, 1.54) is 11.1 Å². The summed E-state index contributed by atoms with van der Waals surface area (Å²) in [7, 11) is 1.80. The van der Waals surface area contributed by atoms with Gasteiger partial charge in [-0.1, -0.05) is 19.1 Å². The molecule has 0 aliphatic carbocycles. The molecule has 0 bridgehead atoms. The summed E-state index contributed by atoms with van der Waals surface area (Å²) in [5, 5.41) is 3.59. The molecular formula is C18H29NO2. The van der Waals surface area contributed by atoms with E-state index in [0.717, 1.165) is 44.6 Å².